The van der Waals surface area contributed by atoms with E-state index >= 15 is 0 Å². The summed E-state index contributed by atoms with van der Waals surface area (Å²) in [7, 11) is 1.66. The summed E-state index contributed by atoms with van der Waals surface area (Å²) in [5.74, 6) is 2.36. The van der Waals surface area contributed by atoms with Gasteiger partial charge in [-0.25, -0.2) is 9.97 Å². The normalized spacial score (nSPS) is 17.9. The molecule has 1 atom stereocenters. The Balaban J connectivity index is 1.43. The standard InChI is InChI=1S/C18H21N5O2/c1-24-16-6-4-14(5-7-16)17-9-20-18(25-17)11-22-8-2-3-15(22)10-23-13-19-12-21-23/h4-7,9,12-13,15H,2-3,8,10-11H2,1H3/t15-/m0/s1. The van der Waals surface area contributed by atoms with E-state index < -0.39 is 0 Å². The molecule has 1 aromatic carbocycles. The van der Waals surface area contributed by atoms with Crippen molar-refractivity contribution in [1.82, 2.24) is 24.6 Å². The molecule has 3 heterocycles. The van der Waals surface area contributed by atoms with E-state index in [2.05, 4.69) is 20.0 Å². The maximum atomic E-state index is 5.96. The van der Waals surface area contributed by atoms with Crippen molar-refractivity contribution in [1.29, 1.82) is 0 Å². The molecule has 25 heavy (non-hydrogen) atoms. The highest BCUT2D eigenvalue weighted by molar-refractivity contribution is 5.57. The van der Waals surface area contributed by atoms with Gasteiger partial charge in [0, 0.05) is 11.6 Å². The first-order valence-electron chi connectivity index (χ1n) is 8.47. The lowest BCUT2D eigenvalue weighted by molar-refractivity contribution is 0.200. The van der Waals surface area contributed by atoms with Crippen molar-refractivity contribution < 1.29 is 9.15 Å². The Labute approximate surface area is 146 Å². The summed E-state index contributed by atoms with van der Waals surface area (Å²) >= 11 is 0. The number of benzene rings is 1. The van der Waals surface area contributed by atoms with Gasteiger partial charge in [0.2, 0.25) is 5.89 Å². The van der Waals surface area contributed by atoms with Crippen LogP contribution in [-0.4, -0.2) is 44.3 Å². The topological polar surface area (TPSA) is 69.2 Å². The molecule has 0 unspecified atom stereocenters. The van der Waals surface area contributed by atoms with Gasteiger partial charge in [0.1, 0.15) is 18.4 Å². The monoisotopic (exact) mass is 339 g/mol. The van der Waals surface area contributed by atoms with E-state index in [1.807, 2.05) is 28.9 Å². The molecule has 3 aromatic rings. The maximum absolute atomic E-state index is 5.96. The number of nitrogens with zero attached hydrogens (tertiary/aromatic N) is 5. The first-order valence-corrected chi connectivity index (χ1v) is 8.47. The molecule has 1 aliphatic heterocycles. The molecule has 0 aliphatic carbocycles. The Morgan fingerprint density at radius 1 is 1.28 bits per heavy atom. The Morgan fingerprint density at radius 3 is 2.92 bits per heavy atom. The molecule has 130 valence electrons. The van der Waals surface area contributed by atoms with E-state index in [-0.39, 0.29) is 0 Å². The zero-order chi connectivity index (χ0) is 17.1. The van der Waals surface area contributed by atoms with Gasteiger partial charge in [-0.05, 0) is 43.7 Å². The minimum Gasteiger partial charge on any atom is -0.497 e. The third kappa shape index (κ3) is 3.56. The lowest BCUT2D eigenvalue weighted by Crippen LogP contribution is -2.32. The fraction of sp³-hybridized carbons (Fsp3) is 0.389. The second kappa shape index (κ2) is 7.06. The smallest absolute Gasteiger partial charge is 0.209 e. The van der Waals surface area contributed by atoms with Crippen LogP contribution in [0.3, 0.4) is 0 Å². The largest absolute Gasteiger partial charge is 0.497 e. The molecule has 0 amide bonds. The molecule has 4 rings (SSSR count). The van der Waals surface area contributed by atoms with Crippen molar-refractivity contribution in [2.24, 2.45) is 0 Å². The number of likely N-dealkylation sites (tertiary alicyclic amines) is 1. The molecule has 2 aromatic heterocycles. The molecule has 1 saturated heterocycles. The highest BCUT2D eigenvalue weighted by Gasteiger charge is 2.26. The van der Waals surface area contributed by atoms with Crippen LogP contribution in [0.4, 0.5) is 0 Å². The Bertz CT molecular complexity index is 797. The van der Waals surface area contributed by atoms with E-state index in [4.69, 9.17) is 9.15 Å². The van der Waals surface area contributed by atoms with E-state index in [1.165, 1.54) is 6.42 Å². The number of aromatic nitrogens is 4. The number of hydrogen-bond donors (Lipinski definition) is 0. The van der Waals surface area contributed by atoms with E-state index in [9.17, 15) is 0 Å². The predicted octanol–water partition coefficient (Wildman–Crippen LogP) is 2.61. The van der Waals surface area contributed by atoms with Gasteiger partial charge in [-0.1, -0.05) is 0 Å². The summed E-state index contributed by atoms with van der Waals surface area (Å²) in [6.07, 6.45) is 7.48. The number of rotatable bonds is 6. The quantitative estimate of drug-likeness (QED) is 0.687. The number of ether oxygens (including phenoxy) is 1. The lowest BCUT2D eigenvalue weighted by Gasteiger charge is -2.22. The van der Waals surface area contributed by atoms with E-state index in [0.717, 1.165) is 49.0 Å². The lowest BCUT2D eigenvalue weighted by atomic mass is 10.2. The summed E-state index contributed by atoms with van der Waals surface area (Å²) < 4.78 is 13.0. The van der Waals surface area contributed by atoms with Crippen molar-refractivity contribution in [3.8, 4) is 17.1 Å². The highest BCUT2D eigenvalue weighted by atomic mass is 16.5. The number of hydrogen-bond acceptors (Lipinski definition) is 6. The van der Waals surface area contributed by atoms with Crippen LogP contribution in [-0.2, 0) is 13.1 Å². The van der Waals surface area contributed by atoms with Crippen LogP contribution >= 0.6 is 0 Å². The summed E-state index contributed by atoms with van der Waals surface area (Å²) in [6, 6.07) is 8.25. The molecule has 0 bridgehead atoms. The Kier molecular flexibility index (Phi) is 4.47. The van der Waals surface area contributed by atoms with Gasteiger partial charge in [0.15, 0.2) is 5.76 Å². The zero-order valence-corrected chi connectivity index (χ0v) is 14.2. The first-order chi connectivity index (χ1) is 12.3. The Hall–Kier alpha value is -2.67. The fourth-order valence-electron chi connectivity index (χ4n) is 3.30. The SMILES string of the molecule is COc1ccc(-c2cnc(CN3CCC[C@H]3Cn3cncn3)o2)cc1. The highest BCUT2D eigenvalue weighted by Crippen LogP contribution is 2.25. The fourth-order valence-corrected chi connectivity index (χ4v) is 3.30. The number of oxazole rings is 1. The van der Waals surface area contributed by atoms with Gasteiger partial charge in [-0.2, -0.15) is 5.10 Å². The molecule has 0 spiro atoms. The average Bonchev–Trinajstić information content (AvgIpc) is 3.39. The van der Waals surface area contributed by atoms with Gasteiger partial charge >= 0.3 is 0 Å². The van der Waals surface area contributed by atoms with Gasteiger partial charge < -0.3 is 9.15 Å². The van der Waals surface area contributed by atoms with Crippen LogP contribution in [0.2, 0.25) is 0 Å². The van der Waals surface area contributed by atoms with Crippen molar-refractivity contribution in [2.75, 3.05) is 13.7 Å². The molecular weight excluding hydrogens is 318 g/mol. The van der Waals surface area contributed by atoms with Gasteiger partial charge in [0.25, 0.3) is 0 Å². The van der Waals surface area contributed by atoms with E-state index in [1.54, 1.807) is 26.0 Å². The molecule has 1 fully saturated rings. The van der Waals surface area contributed by atoms with Crippen molar-refractivity contribution >= 4 is 0 Å². The second-order valence-electron chi connectivity index (χ2n) is 6.23. The third-order valence-corrected chi connectivity index (χ3v) is 4.63. The minimum atomic E-state index is 0.443. The molecule has 1 aliphatic rings. The predicted molar refractivity (Wildman–Crippen MR) is 91.9 cm³/mol. The summed E-state index contributed by atoms with van der Waals surface area (Å²) in [5, 5.41) is 4.21. The molecule has 0 saturated carbocycles. The van der Waals surface area contributed by atoms with Crippen LogP contribution in [0.25, 0.3) is 11.3 Å². The van der Waals surface area contributed by atoms with Gasteiger partial charge in [-0.3, -0.25) is 9.58 Å². The van der Waals surface area contributed by atoms with Crippen molar-refractivity contribution in [3.05, 3.63) is 49.0 Å². The van der Waals surface area contributed by atoms with E-state index in [0.29, 0.717) is 6.04 Å². The molecule has 7 nitrogen and oxygen atoms in total. The van der Waals surface area contributed by atoms with Gasteiger partial charge in [-0.15, -0.1) is 0 Å². The van der Waals surface area contributed by atoms with Crippen LogP contribution in [0.15, 0.2) is 47.5 Å². The third-order valence-electron chi connectivity index (χ3n) is 4.63. The van der Waals surface area contributed by atoms with Gasteiger partial charge in [0.05, 0.1) is 26.4 Å². The van der Waals surface area contributed by atoms with Crippen LogP contribution in [0, 0.1) is 0 Å². The summed E-state index contributed by atoms with van der Waals surface area (Å²) in [6.45, 7) is 2.63. The van der Waals surface area contributed by atoms with Crippen LogP contribution < -0.4 is 4.74 Å². The van der Waals surface area contributed by atoms with Crippen molar-refractivity contribution in [3.63, 3.8) is 0 Å². The van der Waals surface area contributed by atoms with Crippen molar-refractivity contribution in [2.45, 2.75) is 32.0 Å². The molecular formula is C18H21N5O2. The second-order valence-corrected chi connectivity index (χ2v) is 6.23. The first kappa shape index (κ1) is 15.8. The minimum absolute atomic E-state index is 0.443. The molecule has 0 N–H and O–H groups in total. The molecule has 7 heteroatoms. The molecule has 0 radical (unpaired) electrons. The van der Waals surface area contributed by atoms with Crippen LogP contribution in [0.5, 0.6) is 5.75 Å². The average molecular weight is 339 g/mol. The van der Waals surface area contributed by atoms with Crippen LogP contribution in [0.1, 0.15) is 18.7 Å². The number of methoxy groups -OCH3 is 1. The Morgan fingerprint density at radius 2 is 2.16 bits per heavy atom. The maximum Gasteiger partial charge on any atom is 0.209 e. The zero-order valence-electron chi connectivity index (χ0n) is 14.2. The summed E-state index contributed by atoms with van der Waals surface area (Å²) in [4.78, 5) is 10.9. The summed E-state index contributed by atoms with van der Waals surface area (Å²) in [5.41, 5.74) is 1.00.